The van der Waals surface area contributed by atoms with Crippen LogP contribution in [0.2, 0.25) is 0 Å². The van der Waals surface area contributed by atoms with Gasteiger partial charge in [0.15, 0.2) is 0 Å². The summed E-state index contributed by atoms with van der Waals surface area (Å²) >= 11 is 0. The van der Waals surface area contributed by atoms with Crippen molar-refractivity contribution < 1.29 is 13.2 Å². The third kappa shape index (κ3) is 3.45. The van der Waals surface area contributed by atoms with E-state index in [0.29, 0.717) is 5.71 Å². The third-order valence-corrected chi connectivity index (χ3v) is 5.84. The minimum Gasteiger partial charge on any atom is -0.272 e. The summed E-state index contributed by atoms with van der Waals surface area (Å²) in [4.78, 5) is 12.3. The Kier molecular flexibility index (Phi) is 4.77. The maximum Gasteiger partial charge on any atom is 0.255 e. The second kappa shape index (κ2) is 7.38. The molecule has 140 valence electrons. The number of rotatable bonds is 5. The molecule has 0 saturated heterocycles. The molecule has 0 heterocycles. The summed E-state index contributed by atoms with van der Waals surface area (Å²) in [7, 11) is -3.75. The zero-order valence-corrected chi connectivity index (χ0v) is 15.6. The van der Waals surface area contributed by atoms with E-state index < -0.39 is 22.5 Å². The van der Waals surface area contributed by atoms with Gasteiger partial charge >= 0.3 is 0 Å². The lowest BCUT2D eigenvalue weighted by molar-refractivity contribution is -0.119. The highest BCUT2D eigenvalue weighted by atomic mass is 32.2. The molecule has 0 saturated carbocycles. The Morgan fingerprint density at radius 3 is 1.82 bits per heavy atom. The highest BCUT2D eigenvalue weighted by Crippen LogP contribution is 2.36. The summed E-state index contributed by atoms with van der Waals surface area (Å²) in [5.41, 5.74) is 7.06. The van der Waals surface area contributed by atoms with E-state index in [-0.39, 0.29) is 4.90 Å². The molecule has 0 aromatic heterocycles. The molecule has 0 bridgehead atoms. The van der Waals surface area contributed by atoms with Crippen molar-refractivity contribution in [2.75, 3.05) is 6.54 Å². The Hall–Kier alpha value is -3.29. The molecule has 0 unspecified atom stereocenters. The highest BCUT2D eigenvalue weighted by molar-refractivity contribution is 7.89. The van der Waals surface area contributed by atoms with Gasteiger partial charge in [0, 0.05) is 11.1 Å². The number of benzene rings is 3. The summed E-state index contributed by atoms with van der Waals surface area (Å²) in [6.45, 7) is -0.405. The highest BCUT2D eigenvalue weighted by Gasteiger charge is 2.24. The first-order valence-electron chi connectivity index (χ1n) is 8.67. The molecular weight excluding hydrogens is 374 g/mol. The fourth-order valence-electron chi connectivity index (χ4n) is 3.12. The maximum atomic E-state index is 12.2. The van der Waals surface area contributed by atoms with E-state index in [4.69, 9.17) is 0 Å². The average molecular weight is 391 g/mol. The SMILES string of the molecule is O=C(CNS(=O)(=O)c1ccccc1)NN=C1c2ccccc2-c2ccccc21. The van der Waals surface area contributed by atoms with Crippen molar-refractivity contribution in [2.24, 2.45) is 5.10 Å². The molecule has 0 spiro atoms. The zero-order chi connectivity index (χ0) is 19.6. The molecule has 6 nitrogen and oxygen atoms in total. The van der Waals surface area contributed by atoms with Gasteiger partial charge in [-0.05, 0) is 23.3 Å². The summed E-state index contributed by atoms with van der Waals surface area (Å²) in [6.07, 6.45) is 0. The second-order valence-electron chi connectivity index (χ2n) is 6.22. The van der Waals surface area contributed by atoms with Crippen molar-refractivity contribution in [2.45, 2.75) is 4.90 Å². The first kappa shape index (κ1) is 18.1. The molecule has 0 radical (unpaired) electrons. The van der Waals surface area contributed by atoms with Crippen LogP contribution in [0.5, 0.6) is 0 Å². The van der Waals surface area contributed by atoms with Gasteiger partial charge in [0.05, 0.1) is 17.2 Å². The quantitative estimate of drug-likeness (QED) is 0.513. The summed E-state index contributed by atoms with van der Waals surface area (Å²) in [6, 6.07) is 23.5. The number of nitrogens with one attached hydrogen (secondary N) is 2. The van der Waals surface area contributed by atoms with Crippen LogP contribution < -0.4 is 10.1 Å². The fourth-order valence-corrected chi connectivity index (χ4v) is 4.12. The standard InChI is InChI=1S/C21H17N3O3S/c25-20(14-22-28(26,27)15-8-2-1-3-9-15)23-24-21-18-12-6-4-10-16(18)17-11-5-7-13-19(17)21/h1-13,22H,14H2,(H,23,25). The lowest BCUT2D eigenvalue weighted by atomic mass is 10.1. The first-order chi connectivity index (χ1) is 13.6. The summed E-state index contributed by atoms with van der Waals surface area (Å²) < 4.78 is 26.7. The van der Waals surface area contributed by atoms with Crippen molar-refractivity contribution in [3.8, 4) is 11.1 Å². The van der Waals surface area contributed by atoms with Crippen molar-refractivity contribution in [1.29, 1.82) is 0 Å². The van der Waals surface area contributed by atoms with Crippen molar-refractivity contribution >= 4 is 21.6 Å². The number of hydrogen-bond donors (Lipinski definition) is 2. The van der Waals surface area contributed by atoms with Crippen molar-refractivity contribution in [1.82, 2.24) is 10.1 Å². The third-order valence-electron chi connectivity index (χ3n) is 4.42. The molecule has 7 heteroatoms. The molecule has 3 aromatic rings. The lowest BCUT2D eigenvalue weighted by Crippen LogP contribution is -2.35. The predicted octanol–water partition coefficient (Wildman–Crippen LogP) is 2.51. The Morgan fingerprint density at radius 1 is 0.750 bits per heavy atom. The predicted molar refractivity (Wildman–Crippen MR) is 107 cm³/mol. The minimum atomic E-state index is -3.75. The van der Waals surface area contributed by atoms with Gasteiger partial charge in [-0.2, -0.15) is 5.10 Å². The van der Waals surface area contributed by atoms with Crippen LogP contribution in [0, 0.1) is 0 Å². The van der Waals surface area contributed by atoms with Crippen molar-refractivity contribution in [3.05, 3.63) is 90.0 Å². The summed E-state index contributed by atoms with van der Waals surface area (Å²) in [5, 5.41) is 4.26. The number of hydrazone groups is 1. The number of fused-ring (bicyclic) bond motifs is 3. The van der Waals surface area contributed by atoms with Crippen LogP contribution in [0.1, 0.15) is 11.1 Å². The van der Waals surface area contributed by atoms with Gasteiger partial charge in [-0.25, -0.2) is 18.6 Å². The summed E-state index contributed by atoms with van der Waals surface area (Å²) in [5.74, 6) is -0.547. The van der Waals surface area contributed by atoms with Crippen molar-refractivity contribution in [3.63, 3.8) is 0 Å². The largest absolute Gasteiger partial charge is 0.272 e. The molecule has 0 aliphatic heterocycles. The van der Waals surface area contributed by atoms with Crippen LogP contribution >= 0.6 is 0 Å². The van der Waals surface area contributed by atoms with Gasteiger partial charge in [-0.3, -0.25) is 4.79 Å². The number of sulfonamides is 1. The molecule has 28 heavy (non-hydrogen) atoms. The zero-order valence-electron chi connectivity index (χ0n) is 14.8. The molecule has 2 N–H and O–H groups in total. The molecule has 0 atom stereocenters. The van der Waals surface area contributed by atoms with Gasteiger partial charge in [0.25, 0.3) is 5.91 Å². The van der Waals surface area contributed by atoms with Gasteiger partial charge in [-0.1, -0.05) is 66.7 Å². The molecule has 4 rings (SSSR count). The Balaban J connectivity index is 1.50. The minimum absolute atomic E-state index is 0.104. The van der Waals surface area contributed by atoms with Gasteiger partial charge in [-0.15, -0.1) is 0 Å². The first-order valence-corrected chi connectivity index (χ1v) is 10.1. The van der Waals surface area contributed by atoms with Crippen LogP contribution in [0.4, 0.5) is 0 Å². The van der Waals surface area contributed by atoms with E-state index in [1.807, 2.05) is 48.5 Å². The fraction of sp³-hybridized carbons (Fsp3) is 0.0476. The van der Waals surface area contributed by atoms with Gasteiger partial charge in [0.2, 0.25) is 10.0 Å². The second-order valence-corrected chi connectivity index (χ2v) is 7.99. The van der Waals surface area contributed by atoms with E-state index in [2.05, 4.69) is 15.2 Å². The molecule has 0 fully saturated rings. The van der Waals surface area contributed by atoms with Gasteiger partial charge in [0.1, 0.15) is 0 Å². The smallest absolute Gasteiger partial charge is 0.255 e. The van der Waals surface area contributed by atoms with Crippen LogP contribution in [-0.2, 0) is 14.8 Å². The van der Waals surface area contributed by atoms with Crippen LogP contribution in [-0.4, -0.2) is 26.6 Å². The van der Waals surface area contributed by atoms with Crippen LogP contribution in [0.3, 0.4) is 0 Å². The number of amides is 1. The molecule has 1 aliphatic carbocycles. The Labute approximate surface area is 163 Å². The van der Waals surface area contributed by atoms with Crippen LogP contribution in [0.25, 0.3) is 11.1 Å². The molecule has 1 aliphatic rings. The maximum absolute atomic E-state index is 12.2. The molecular formula is C21H17N3O3S. The average Bonchev–Trinajstić information content (AvgIpc) is 3.05. The van der Waals surface area contributed by atoms with E-state index >= 15 is 0 Å². The van der Waals surface area contributed by atoms with Crippen LogP contribution in [0.15, 0.2) is 88.9 Å². The molecule has 1 amide bonds. The van der Waals surface area contributed by atoms with E-state index in [9.17, 15) is 13.2 Å². The number of carbonyl (C=O) groups is 1. The number of hydrogen-bond acceptors (Lipinski definition) is 4. The normalized spacial score (nSPS) is 12.2. The van der Waals surface area contributed by atoms with E-state index in [0.717, 1.165) is 22.3 Å². The Bertz CT molecular complexity index is 1120. The molecule has 3 aromatic carbocycles. The van der Waals surface area contributed by atoms with E-state index in [1.165, 1.54) is 12.1 Å². The monoisotopic (exact) mass is 391 g/mol. The topological polar surface area (TPSA) is 87.6 Å². The number of carbonyl (C=O) groups excluding carboxylic acids is 1. The Morgan fingerprint density at radius 2 is 1.25 bits per heavy atom. The van der Waals surface area contributed by atoms with E-state index in [1.54, 1.807) is 18.2 Å². The lowest BCUT2D eigenvalue weighted by Gasteiger charge is -2.06. The van der Waals surface area contributed by atoms with Gasteiger partial charge < -0.3 is 0 Å². The number of nitrogens with zero attached hydrogens (tertiary/aromatic N) is 1.